The van der Waals surface area contributed by atoms with E-state index < -0.39 is 0 Å². The van der Waals surface area contributed by atoms with Crippen molar-refractivity contribution >= 4 is 39.6 Å². The molecule has 3 aromatic rings. The maximum absolute atomic E-state index is 13.0. The third-order valence-electron chi connectivity index (χ3n) is 5.54. The lowest BCUT2D eigenvalue weighted by atomic mass is 9.75. The van der Waals surface area contributed by atoms with E-state index in [0.29, 0.717) is 17.0 Å². The number of Topliss-reactive ketones (excluding diaryl/α,β-unsaturated/α-hetero) is 1. The number of rotatable bonds is 6. The monoisotopic (exact) mass is 417 g/mol. The summed E-state index contributed by atoms with van der Waals surface area (Å²) in [5.74, 6) is 0.106. The third-order valence-corrected chi connectivity index (χ3v) is 5.85. The number of H-pyrrole nitrogens is 1. The molecular formula is C25H27N3OS. The molecule has 5 heteroatoms. The topological polar surface area (TPSA) is 56.9 Å². The minimum absolute atomic E-state index is 0.0773. The molecule has 1 aromatic heterocycles. The van der Waals surface area contributed by atoms with Crippen LogP contribution in [0.4, 0.5) is 5.69 Å². The summed E-state index contributed by atoms with van der Waals surface area (Å²) in [7, 11) is 0. The summed E-state index contributed by atoms with van der Waals surface area (Å²) in [6.07, 6.45) is 4.25. The van der Waals surface area contributed by atoms with E-state index >= 15 is 0 Å². The van der Waals surface area contributed by atoms with Crippen LogP contribution in [0.25, 0.3) is 10.9 Å². The zero-order valence-electron chi connectivity index (χ0n) is 17.4. The van der Waals surface area contributed by atoms with Crippen LogP contribution < -0.4 is 10.6 Å². The largest absolute Gasteiger partial charge is 0.387 e. The highest BCUT2D eigenvalue weighted by molar-refractivity contribution is 7.81. The second-order valence-electron chi connectivity index (χ2n) is 8.65. The Morgan fingerprint density at radius 3 is 2.60 bits per heavy atom. The minimum Gasteiger partial charge on any atom is -0.387 e. The Bertz CT molecular complexity index is 1110. The van der Waals surface area contributed by atoms with Crippen LogP contribution in [-0.2, 0) is 11.2 Å². The van der Waals surface area contributed by atoms with Crippen LogP contribution in [0.5, 0.6) is 0 Å². The number of allylic oxidation sites excluding steroid dienone is 1. The first kappa shape index (κ1) is 20.4. The van der Waals surface area contributed by atoms with Gasteiger partial charge in [0.2, 0.25) is 0 Å². The zero-order valence-corrected chi connectivity index (χ0v) is 18.2. The molecule has 0 radical (unpaired) electrons. The fourth-order valence-electron chi connectivity index (χ4n) is 4.14. The van der Waals surface area contributed by atoms with Crippen molar-refractivity contribution in [3.05, 3.63) is 77.6 Å². The van der Waals surface area contributed by atoms with Crippen LogP contribution in [0.1, 0.15) is 32.3 Å². The van der Waals surface area contributed by atoms with Gasteiger partial charge in [0, 0.05) is 41.4 Å². The maximum atomic E-state index is 13.0. The van der Waals surface area contributed by atoms with Gasteiger partial charge in [-0.05, 0) is 42.0 Å². The Morgan fingerprint density at radius 1 is 1.07 bits per heavy atom. The van der Waals surface area contributed by atoms with Gasteiger partial charge in [-0.3, -0.25) is 4.79 Å². The molecule has 3 N–H and O–H groups in total. The van der Waals surface area contributed by atoms with Crippen LogP contribution in [0.2, 0.25) is 0 Å². The van der Waals surface area contributed by atoms with Crippen LogP contribution in [0.15, 0.2) is 72.1 Å². The summed E-state index contributed by atoms with van der Waals surface area (Å²) in [6, 6.07) is 18.1. The van der Waals surface area contributed by atoms with Crippen molar-refractivity contribution in [2.24, 2.45) is 5.41 Å². The number of hydrogen-bond donors (Lipinski definition) is 3. The molecule has 0 unspecified atom stereocenters. The van der Waals surface area contributed by atoms with Gasteiger partial charge in [0.05, 0.1) is 5.57 Å². The van der Waals surface area contributed by atoms with Gasteiger partial charge in [-0.15, -0.1) is 0 Å². The van der Waals surface area contributed by atoms with Crippen molar-refractivity contribution < 1.29 is 4.79 Å². The molecule has 0 amide bonds. The van der Waals surface area contributed by atoms with Crippen molar-refractivity contribution in [2.45, 2.75) is 33.1 Å². The van der Waals surface area contributed by atoms with Crippen molar-refractivity contribution in [2.75, 3.05) is 11.9 Å². The number of fused-ring (bicyclic) bond motifs is 1. The second-order valence-corrected chi connectivity index (χ2v) is 9.06. The van der Waals surface area contributed by atoms with E-state index in [0.717, 1.165) is 36.3 Å². The first-order valence-electron chi connectivity index (χ1n) is 10.3. The fraction of sp³-hybridized carbons (Fsp3) is 0.280. The molecule has 30 heavy (non-hydrogen) atoms. The Balaban J connectivity index is 1.53. The van der Waals surface area contributed by atoms with E-state index in [4.69, 9.17) is 12.2 Å². The molecule has 0 aliphatic heterocycles. The Labute approximate surface area is 182 Å². The number of aromatic nitrogens is 1. The summed E-state index contributed by atoms with van der Waals surface area (Å²) in [5.41, 5.74) is 4.81. The summed E-state index contributed by atoms with van der Waals surface area (Å²) in [4.78, 5) is 16.8. The first-order chi connectivity index (χ1) is 14.4. The molecule has 154 valence electrons. The maximum Gasteiger partial charge on any atom is 0.168 e. The molecule has 4 nitrogen and oxygen atoms in total. The number of ketones is 1. The molecule has 0 spiro atoms. The van der Waals surface area contributed by atoms with Gasteiger partial charge < -0.3 is 15.6 Å². The molecule has 2 aromatic carbocycles. The van der Waals surface area contributed by atoms with Gasteiger partial charge in [0.1, 0.15) is 4.99 Å². The van der Waals surface area contributed by atoms with Gasteiger partial charge in [0.25, 0.3) is 0 Å². The number of anilines is 1. The SMILES string of the molecule is CC1(C)CC(=O)C(C(=S)Nc2ccccc2)=C(NCCc2c[nH]c3ccccc23)C1. The Kier molecular flexibility index (Phi) is 5.73. The summed E-state index contributed by atoms with van der Waals surface area (Å²) in [6.45, 7) is 5.02. The Morgan fingerprint density at radius 2 is 1.80 bits per heavy atom. The van der Waals surface area contributed by atoms with Crippen molar-refractivity contribution in [1.82, 2.24) is 10.3 Å². The predicted octanol–water partition coefficient (Wildman–Crippen LogP) is 5.38. The van der Waals surface area contributed by atoms with Crippen LogP contribution in [0.3, 0.4) is 0 Å². The van der Waals surface area contributed by atoms with Gasteiger partial charge in [0.15, 0.2) is 5.78 Å². The van der Waals surface area contributed by atoms with Gasteiger partial charge in [-0.25, -0.2) is 0 Å². The molecular weight excluding hydrogens is 390 g/mol. The fourth-order valence-corrected chi connectivity index (χ4v) is 4.49. The highest BCUT2D eigenvalue weighted by Crippen LogP contribution is 2.36. The summed E-state index contributed by atoms with van der Waals surface area (Å²) >= 11 is 5.64. The number of hydrogen-bond acceptors (Lipinski definition) is 3. The van der Waals surface area contributed by atoms with E-state index in [1.807, 2.05) is 36.4 Å². The molecule has 0 bridgehead atoms. The molecule has 0 fully saturated rings. The third kappa shape index (κ3) is 4.46. The van der Waals surface area contributed by atoms with E-state index in [2.05, 4.69) is 53.9 Å². The lowest BCUT2D eigenvalue weighted by Crippen LogP contribution is -2.36. The highest BCUT2D eigenvalue weighted by Gasteiger charge is 2.34. The standard InChI is InChI=1S/C25H27N3OS/c1-25(2)14-21(26-13-12-17-16-27-20-11-7-6-10-19(17)20)23(22(29)15-25)24(30)28-18-8-4-3-5-9-18/h3-11,16,26-27H,12-15H2,1-2H3,(H,28,30). The summed E-state index contributed by atoms with van der Waals surface area (Å²) in [5, 5.41) is 8.03. The average Bonchev–Trinajstić information content (AvgIpc) is 3.11. The number of carbonyl (C=O) groups excluding carboxylic acids is 1. The lowest BCUT2D eigenvalue weighted by molar-refractivity contribution is -0.117. The Hall–Kier alpha value is -2.92. The van der Waals surface area contributed by atoms with E-state index in [1.54, 1.807) is 0 Å². The minimum atomic E-state index is -0.0773. The number of carbonyl (C=O) groups is 1. The van der Waals surface area contributed by atoms with Crippen LogP contribution in [0, 0.1) is 5.41 Å². The van der Waals surface area contributed by atoms with Crippen molar-refractivity contribution in [3.8, 4) is 0 Å². The van der Waals surface area contributed by atoms with Crippen LogP contribution >= 0.6 is 12.2 Å². The van der Waals surface area contributed by atoms with Crippen molar-refractivity contribution in [3.63, 3.8) is 0 Å². The lowest BCUT2D eigenvalue weighted by Gasteiger charge is -2.33. The molecule has 1 heterocycles. The molecule has 1 aliphatic carbocycles. The van der Waals surface area contributed by atoms with Gasteiger partial charge >= 0.3 is 0 Å². The van der Waals surface area contributed by atoms with Gasteiger partial charge in [-0.1, -0.05) is 62.5 Å². The molecule has 0 saturated carbocycles. The number of para-hydroxylation sites is 2. The first-order valence-corrected chi connectivity index (χ1v) is 10.8. The van der Waals surface area contributed by atoms with Crippen LogP contribution in [-0.4, -0.2) is 22.3 Å². The smallest absolute Gasteiger partial charge is 0.168 e. The molecule has 0 saturated heterocycles. The number of thiocarbonyl (C=S) groups is 1. The summed E-state index contributed by atoms with van der Waals surface area (Å²) < 4.78 is 0. The number of aromatic amines is 1. The van der Waals surface area contributed by atoms with E-state index in [-0.39, 0.29) is 11.2 Å². The number of benzene rings is 2. The zero-order chi connectivity index (χ0) is 21.1. The molecule has 1 aliphatic rings. The average molecular weight is 418 g/mol. The van der Waals surface area contributed by atoms with E-state index in [9.17, 15) is 4.79 Å². The second kappa shape index (κ2) is 8.44. The normalized spacial score (nSPS) is 16.0. The van der Waals surface area contributed by atoms with E-state index in [1.165, 1.54) is 10.9 Å². The predicted molar refractivity (Wildman–Crippen MR) is 128 cm³/mol. The quantitative estimate of drug-likeness (QED) is 0.471. The highest BCUT2D eigenvalue weighted by atomic mass is 32.1. The number of nitrogens with one attached hydrogen (secondary N) is 3. The molecule has 4 rings (SSSR count). The molecule has 0 atom stereocenters. The van der Waals surface area contributed by atoms with Gasteiger partial charge in [-0.2, -0.15) is 0 Å². The van der Waals surface area contributed by atoms with Crippen molar-refractivity contribution in [1.29, 1.82) is 0 Å².